The molecule has 0 atom stereocenters. The fourth-order valence-corrected chi connectivity index (χ4v) is 2.26. The average Bonchev–Trinajstić information content (AvgIpc) is 2.84. The largest absolute Gasteiger partial charge is 0.268 e. The van der Waals surface area contributed by atoms with Crippen LogP contribution in [0.15, 0.2) is 42.6 Å². The minimum absolute atomic E-state index is 0.307. The van der Waals surface area contributed by atoms with Crippen molar-refractivity contribution in [2.45, 2.75) is 0 Å². The summed E-state index contributed by atoms with van der Waals surface area (Å²) in [6.45, 7) is 0. The van der Waals surface area contributed by atoms with Crippen molar-refractivity contribution in [1.82, 2.24) is 9.78 Å². The van der Waals surface area contributed by atoms with E-state index in [1.54, 1.807) is 48.3 Å². The lowest BCUT2D eigenvalue weighted by atomic mass is 9.98. The minimum Gasteiger partial charge on any atom is -0.268 e. The van der Waals surface area contributed by atoms with Crippen LogP contribution in [0.2, 0.25) is 0 Å². The number of benzene rings is 2. The Labute approximate surface area is 109 Å². The average molecular weight is 251 g/mol. The molecule has 4 heteroatoms. The van der Waals surface area contributed by atoms with Gasteiger partial charge in [0.15, 0.2) is 0 Å². The summed E-state index contributed by atoms with van der Waals surface area (Å²) in [6.07, 6.45) is 1.59. The molecule has 1 heterocycles. The van der Waals surface area contributed by atoms with E-state index in [4.69, 9.17) is 0 Å². The van der Waals surface area contributed by atoms with Crippen LogP contribution in [-0.2, 0) is 7.05 Å². The van der Waals surface area contributed by atoms with Crippen LogP contribution in [0.3, 0.4) is 0 Å². The Morgan fingerprint density at radius 1 is 1.26 bits per heavy atom. The third-order valence-electron chi connectivity index (χ3n) is 3.18. The van der Waals surface area contributed by atoms with Gasteiger partial charge in [-0.25, -0.2) is 4.39 Å². The summed E-state index contributed by atoms with van der Waals surface area (Å²) in [5, 5.41) is 14.5. The van der Waals surface area contributed by atoms with Gasteiger partial charge in [-0.1, -0.05) is 24.3 Å². The van der Waals surface area contributed by atoms with Crippen LogP contribution in [-0.4, -0.2) is 9.78 Å². The zero-order valence-electron chi connectivity index (χ0n) is 10.3. The fraction of sp³-hybridized carbons (Fsp3) is 0.0667. The first-order chi connectivity index (χ1) is 9.22. The van der Waals surface area contributed by atoms with E-state index in [1.807, 2.05) is 6.07 Å². The molecule has 0 radical (unpaired) electrons. The predicted octanol–water partition coefficient (Wildman–Crippen LogP) is 3.25. The van der Waals surface area contributed by atoms with Gasteiger partial charge in [0.1, 0.15) is 5.82 Å². The zero-order chi connectivity index (χ0) is 13.4. The fourth-order valence-electron chi connectivity index (χ4n) is 2.26. The van der Waals surface area contributed by atoms with Crippen LogP contribution in [0, 0.1) is 17.1 Å². The van der Waals surface area contributed by atoms with E-state index >= 15 is 0 Å². The maximum Gasteiger partial charge on any atom is 0.141 e. The van der Waals surface area contributed by atoms with E-state index in [0.717, 1.165) is 5.39 Å². The summed E-state index contributed by atoms with van der Waals surface area (Å²) < 4.78 is 16.2. The van der Waals surface area contributed by atoms with Gasteiger partial charge >= 0.3 is 0 Å². The van der Waals surface area contributed by atoms with Crippen LogP contribution in [0.25, 0.3) is 22.0 Å². The maximum absolute atomic E-state index is 14.7. The van der Waals surface area contributed by atoms with E-state index in [1.165, 1.54) is 0 Å². The van der Waals surface area contributed by atoms with Gasteiger partial charge in [-0.2, -0.15) is 10.4 Å². The van der Waals surface area contributed by atoms with Gasteiger partial charge in [-0.05, 0) is 17.5 Å². The summed E-state index contributed by atoms with van der Waals surface area (Å²) >= 11 is 0. The molecule has 0 spiro atoms. The van der Waals surface area contributed by atoms with Gasteiger partial charge < -0.3 is 0 Å². The summed E-state index contributed by atoms with van der Waals surface area (Å²) in [7, 11) is 1.73. The lowest BCUT2D eigenvalue weighted by Gasteiger charge is -2.09. The summed E-state index contributed by atoms with van der Waals surface area (Å²) in [4.78, 5) is 0. The molecule has 0 bridgehead atoms. The molecule has 0 aliphatic rings. The maximum atomic E-state index is 14.7. The summed E-state index contributed by atoms with van der Waals surface area (Å²) in [5.41, 5.74) is 1.22. The van der Waals surface area contributed by atoms with E-state index in [9.17, 15) is 9.65 Å². The quantitative estimate of drug-likeness (QED) is 0.666. The smallest absolute Gasteiger partial charge is 0.141 e. The third kappa shape index (κ3) is 1.67. The van der Waals surface area contributed by atoms with Gasteiger partial charge in [-0.15, -0.1) is 0 Å². The number of nitriles is 1. The van der Waals surface area contributed by atoms with Gasteiger partial charge in [0, 0.05) is 18.6 Å². The molecule has 3 rings (SSSR count). The SMILES string of the molecule is Cn1nccc1-c1c(C#N)cc2ccccc2c1F. The van der Waals surface area contributed by atoms with Crippen LogP contribution >= 0.6 is 0 Å². The summed E-state index contributed by atoms with van der Waals surface area (Å²) in [5.74, 6) is -0.377. The second kappa shape index (κ2) is 4.21. The number of nitrogens with zero attached hydrogens (tertiary/aromatic N) is 3. The predicted molar refractivity (Wildman–Crippen MR) is 70.8 cm³/mol. The number of halogens is 1. The lowest BCUT2D eigenvalue weighted by molar-refractivity contribution is 0.639. The van der Waals surface area contributed by atoms with Crippen molar-refractivity contribution < 1.29 is 4.39 Å². The molecule has 0 aliphatic carbocycles. The number of aromatic nitrogens is 2. The monoisotopic (exact) mass is 251 g/mol. The normalized spacial score (nSPS) is 10.6. The minimum atomic E-state index is -0.377. The van der Waals surface area contributed by atoms with E-state index in [0.29, 0.717) is 22.2 Å². The van der Waals surface area contributed by atoms with E-state index in [2.05, 4.69) is 11.2 Å². The van der Waals surface area contributed by atoms with E-state index in [-0.39, 0.29) is 5.82 Å². The Balaban J connectivity index is 2.45. The molecule has 1 aromatic heterocycles. The first-order valence-electron chi connectivity index (χ1n) is 5.82. The van der Waals surface area contributed by atoms with Crippen molar-refractivity contribution in [3.05, 3.63) is 54.0 Å². The molecule has 92 valence electrons. The molecular weight excluding hydrogens is 241 g/mol. The van der Waals surface area contributed by atoms with Crippen molar-refractivity contribution in [3.63, 3.8) is 0 Å². The lowest BCUT2D eigenvalue weighted by Crippen LogP contribution is -1.99. The molecule has 0 aliphatic heterocycles. The Morgan fingerprint density at radius 2 is 2.05 bits per heavy atom. The molecule has 3 nitrogen and oxygen atoms in total. The Hall–Kier alpha value is -2.67. The van der Waals surface area contributed by atoms with Gasteiger partial charge in [0.2, 0.25) is 0 Å². The van der Waals surface area contributed by atoms with Crippen molar-refractivity contribution in [1.29, 1.82) is 5.26 Å². The van der Waals surface area contributed by atoms with Crippen LogP contribution in [0.1, 0.15) is 5.56 Å². The van der Waals surface area contributed by atoms with Crippen LogP contribution in [0.4, 0.5) is 4.39 Å². The van der Waals surface area contributed by atoms with Crippen molar-refractivity contribution >= 4 is 10.8 Å². The Kier molecular flexibility index (Phi) is 2.53. The highest BCUT2D eigenvalue weighted by Crippen LogP contribution is 2.31. The molecule has 0 N–H and O–H groups in total. The molecule has 0 saturated heterocycles. The Bertz CT molecular complexity index is 812. The van der Waals surface area contributed by atoms with Crippen LogP contribution < -0.4 is 0 Å². The standard InChI is InChI=1S/C15H10FN3/c1-19-13(6-7-18-19)14-11(9-17)8-10-4-2-3-5-12(10)15(14)16/h2-8H,1H3. The molecule has 0 unspecified atom stereocenters. The summed E-state index contributed by atoms with van der Waals surface area (Å²) in [6, 6.07) is 12.6. The first-order valence-corrected chi connectivity index (χ1v) is 5.82. The number of aryl methyl sites for hydroxylation is 1. The zero-order valence-corrected chi connectivity index (χ0v) is 10.3. The van der Waals surface area contributed by atoms with Gasteiger partial charge in [0.05, 0.1) is 22.9 Å². The number of fused-ring (bicyclic) bond motifs is 1. The third-order valence-corrected chi connectivity index (χ3v) is 3.18. The van der Waals surface area contributed by atoms with Crippen molar-refractivity contribution in [2.24, 2.45) is 7.05 Å². The highest BCUT2D eigenvalue weighted by atomic mass is 19.1. The van der Waals surface area contributed by atoms with E-state index < -0.39 is 0 Å². The second-order valence-corrected chi connectivity index (χ2v) is 4.29. The Morgan fingerprint density at radius 3 is 2.74 bits per heavy atom. The molecule has 2 aromatic carbocycles. The van der Waals surface area contributed by atoms with Gasteiger partial charge in [0.25, 0.3) is 0 Å². The molecule has 0 fully saturated rings. The number of hydrogen-bond acceptors (Lipinski definition) is 2. The molecule has 0 saturated carbocycles. The topological polar surface area (TPSA) is 41.6 Å². The van der Waals surface area contributed by atoms with Crippen LogP contribution in [0.5, 0.6) is 0 Å². The molecular formula is C15H10FN3. The molecule has 0 amide bonds. The number of rotatable bonds is 1. The van der Waals surface area contributed by atoms with Crippen molar-refractivity contribution in [3.8, 4) is 17.3 Å². The van der Waals surface area contributed by atoms with Gasteiger partial charge in [-0.3, -0.25) is 4.68 Å². The highest BCUT2D eigenvalue weighted by molar-refractivity contribution is 5.90. The first kappa shape index (κ1) is 11.4. The number of hydrogen-bond donors (Lipinski definition) is 0. The second-order valence-electron chi connectivity index (χ2n) is 4.29. The molecule has 3 aromatic rings. The highest BCUT2D eigenvalue weighted by Gasteiger charge is 2.17. The van der Waals surface area contributed by atoms with Crippen molar-refractivity contribution in [2.75, 3.05) is 0 Å². The molecule has 19 heavy (non-hydrogen) atoms.